The number of carbonyl (C=O) groups is 1. The Morgan fingerprint density at radius 1 is 0.923 bits per heavy atom. The molecule has 1 aliphatic heterocycles. The van der Waals surface area contributed by atoms with Crippen molar-refractivity contribution in [3.8, 4) is 11.5 Å². The van der Waals surface area contributed by atoms with Gasteiger partial charge in [0.15, 0.2) is 5.82 Å². The van der Waals surface area contributed by atoms with Gasteiger partial charge in [-0.15, -0.1) is 0 Å². The number of alkyl halides is 5. The van der Waals surface area contributed by atoms with Crippen LogP contribution in [0.5, 0.6) is 0 Å². The van der Waals surface area contributed by atoms with Crippen LogP contribution in [0.1, 0.15) is 65.0 Å². The Balaban J connectivity index is 1.52. The fraction of sp³-hybridized carbons (Fsp3) is 0.640. The van der Waals surface area contributed by atoms with E-state index in [4.69, 9.17) is 4.74 Å². The van der Waals surface area contributed by atoms with E-state index in [0.717, 1.165) is 6.07 Å². The van der Waals surface area contributed by atoms with Gasteiger partial charge in [-0.1, -0.05) is 6.07 Å². The Hall–Kier alpha value is -3.32. The summed E-state index contributed by atoms with van der Waals surface area (Å²) in [6.45, 7) is 6.24. The molecule has 2 aromatic rings. The smallest absolute Gasteiger partial charge is 0.433 e. The van der Waals surface area contributed by atoms with Gasteiger partial charge in [0.05, 0.1) is 0 Å². The van der Waals surface area contributed by atoms with Gasteiger partial charge in [0, 0.05) is 38.0 Å². The van der Waals surface area contributed by atoms with Crippen LogP contribution in [-0.4, -0.2) is 67.6 Å². The molecule has 2 N–H and O–H groups in total. The topological polar surface area (TPSA) is 105 Å². The summed E-state index contributed by atoms with van der Waals surface area (Å²) in [5.41, 5.74) is -1.80. The number of anilines is 2. The summed E-state index contributed by atoms with van der Waals surface area (Å²) in [6.07, 6.45) is -4.10. The Morgan fingerprint density at radius 3 is 2.03 bits per heavy atom. The molecule has 214 valence electrons. The molecule has 0 radical (unpaired) electrons. The molecule has 14 heteroatoms. The number of rotatable bonds is 5. The molecule has 9 nitrogen and oxygen atoms in total. The van der Waals surface area contributed by atoms with E-state index in [0.29, 0.717) is 25.9 Å². The lowest BCUT2D eigenvalue weighted by atomic mass is 9.92. The van der Waals surface area contributed by atoms with E-state index in [1.165, 1.54) is 12.1 Å². The first-order valence-electron chi connectivity index (χ1n) is 12.9. The minimum atomic E-state index is -4.65. The van der Waals surface area contributed by atoms with Crippen molar-refractivity contribution in [2.24, 2.45) is 0 Å². The number of piperidine rings is 1. The van der Waals surface area contributed by atoms with Crippen molar-refractivity contribution in [3.05, 3.63) is 23.9 Å². The van der Waals surface area contributed by atoms with Gasteiger partial charge >= 0.3 is 12.3 Å². The van der Waals surface area contributed by atoms with Crippen LogP contribution < -0.4 is 10.6 Å². The zero-order valence-electron chi connectivity index (χ0n) is 22.0. The van der Waals surface area contributed by atoms with Crippen LogP contribution >= 0.6 is 0 Å². The number of carbonyl (C=O) groups excluding carboxylic acids is 1. The maximum atomic E-state index is 13.6. The number of amides is 1. The fourth-order valence-electron chi connectivity index (χ4n) is 4.42. The second-order valence-electron chi connectivity index (χ2n) is 10.9. The molecule has 0 bridgehead atoms. The monoisotopic (exact) mass is 557 g/mol. The summed E-state index contributed by atoms with van der Waals surface area (Å²) in [5.74, 6) is -2.64. The third-order valence-electron chi connectivity index (χ3n) is 6.43. The second kappa shape index (κ2) is 11.0. The third-order valence-corrected chi connectivity index (χ3v) is 6.43. The minimum absolute atomic E-state index is 0.0584. The van der Waals surface area contributed by atoms with E-state index in [2.05, 4.69) is 30.6 Å². The molecule has 4 rings (SSSR count). The van der Waals surface area contributed by atoms with Crippen LogP contribution in [0, 0.1) is 0 Å². The summed E-state index contributed by atoms with van der Waals surface area (Å²) in [7, 11) is 0. The molecule has 1 saturated heterocycles. The molecule has 0 spiro atoms. The number of hydrogen-bond acceptors (Lipinski definition) is 8. The van der Waals surface area contributed by atoms with Crippen LogP contribution in [0.4, 0.5) is 38.6 Å². The Kier molecular flexibility index (Phi) is 8.12. The molecule has 0 atom stereocenters. The molecule has 1 saturated carbocycles. The molecule has 1 amide bonds. The highest BCUT2D eigenvalue weighted by Gasteiger charge is 2.36. The van der Waals surface area contributed by atoms with E-state index in [9.17, 15) is 26.7 Å². The normalized spacial score (nSPS) is 19.0. The van der Waals surface area contributed by atoms with Crippen molar-refractivity contribution in [2.45, 2.75) is 89.1 Å². The molecular weight excluding hydrogens is 525 g/mol. The molecule has 2 fully saturated rings. The van der Waals surface area contributed by atoms with Crippen molar-refractivity contribution in [2.75, 3.05) is 23.7 Å². The van der Waals surface area contributed by atoms with E-state index in [1.807, 2.05) is 0 Å². The standard InChI is InChI=1S/C25H32F5N7O2/c1-23(2,3)39-22(38)37-13-9-16(10-14-37)32-21-35-19(17-5-4-6-18(33-17)25(28,29)30)34-20(36-21)31-15-7-11-24(26,27)12-8-15/h4-6,15-16H,7-14H2,1-3H3,(H2,31,32,34,35,36). The largest absolute Gasteiger partial charge is 0.444 e. The number of aromatic nitrogens is 4. The van der Waals surface area contributed by atoms with Gasteiger partial charge in [-0.25, -0.2) is 18.6 Å². The van der Waals surface area contributed by atoms with Crippen LogP contribution in [-0.2, 0) is 10.9 Å². The van der Waals surface area contributed by atoms with Crippen LogP contribution in [0.25, 0.3) is 11.5 Å². The number of hydrogen-bond donors (Lipinski definition) is 2. The Bertz CT molecular complexity index is 1150. The fourth-order valence-corrected chi connectivity index (χ4v) is 4.42. The summed E-state index contributed by atoms with van der Waals surface area (Å²) in [5, 5.41) is 6.22. The van der Waals surface area contributed by atoms with Crippen LogP contribution in [0.3, 0.4) is 0 Å². The molecule has 1 aliphatic carbocycles. The lowest BCUT2D eigenvalue weighted by Crippen LogP contribution is -2.44. The van der Waals surface area contributed by atoms with Crippen molar-refractivity contribution >= 4 is 18.0 Å². The number of ether oxygens (including phenoxy) is 1. The lowest BCUT2D eigenvalue weighted by Gasteiger charge is -2.33. The van der Waals surface area contributed by atoms with Gasteiger partial charge in [0.1, 0.15) is 17.0 Å². The summed E-state index contributed by atoms with van der Waals surface area (Å²) >= 11 is 0. The minimum Gasteiger partial charge on any atom is -0.444 e. The summed E-state index contributed by atoms with van der Waals surface area (Å²) in [4.78, 5) is 30.6. The number of halogens is 5. The SMILES string of the molecule is CC(C)(C)OC(=O)N1CCC(Nc2nc(NC3CCC(F)(F)CC3)nc(-c3cccc(C(F)(F)F)n3)n2)CC1. The number of nitrogens with zero attached hydrogens (tertiary/aromatic N) is 5. The second-order valence-corrected chi connectivity index (χ2v) is 10.9. The van der Waals surface area contributed by atoms with Crippen molar-refractivity contribution in [1.82, 2.24) is 24.8 Å². The molecule has 2 aliphatic rings. The first kappa shape index (κ1) is 28.7. The van der Waals surface area contributed by atoms with Gasteiger partial charge in [0.25, 0.3) is 0 Å². The van der Waals surface area contributed by atoms with Crippen LogP contribution in [0.2, 0.25) is 0 Å². The number of likely N-dealkylation sites (tertiary alicyclic amines) is 1. The zero-order chi connectivity index (χ0) is 28.4. The van der Waals surface area contributed by atoms with Gasteiger partial charge in [0.2, 0.25) is 17.8 Å². The predicted molar refractivity (Wildman–Crippen MR) is 133 cm³/mol. The van der Waals surface area contributed by atoms with Crippen molar-refractivity contribution in [3.63, 3.8) is 0 Å². The van der Waals surface area contributed by atoms with Crippen molar-refractivity contribution in [1.29, 1.82) is 0 Å². The average Bonchev–Trinajstić information content (AvgIpc) is 2.84. The highest BCUT2D eigenvalue weighted by atomic mass is 19.4. The first-order valence-corrected chi connectivity index (χ1v) is 12.9. The van der Waals surface area contributed by atoms with E-state index >= 15 is 0 Å². The number of pyridine rings is 1. The molecular formula is C25H32F5N7O2. The van der Waals surface area contributed by atoms with Gasteiger partial charge in [-0.05, 0) is 58.6 Å². The highest BCUT2D eigenvalue weighted by molar-refractivity contribution is 5.68. The highest BCUT2D eigenvalue weighted by Crippen LogP contribution is 2.34. The van der Waals surface area contributed by atoms with E-state index in [-0.39, 0.29) is 61.2 Å². The molecule has 3 heterocycles. The number of nitrogens with one attached hydrogen (secondary N) is 2. The Morgan fingerprint density at radius 2 is 1.49 bits per heavy atom. The molecule has 39 heavy (non-hydrogen) atoms. The maximum absolute atomic E-state index is 13.6. The average molecular weight is 558 g/mol. The van der Waals surface area contributed by atoms with Gasteiger partial charge in [-0.2, -0.15) is 28.1 Å². The van der Waals surface area contributed by atoms with Gasteiger partial charge in [-0.3, -0.25) is 0 Å². The third kappa shape index (κ3) is 8.09. The molecule has 0 unspecified atom stereocenters. The van der Waals surface area contributed by atoms with Crippen molar-refractivity contribution < 1.29 is 31.5 Å². The van der Waals surface area contributed by atoms with Crippen LogP contribution in [0.15, 0.2) is 18.2 Å². The Labute approximate surface area is 223 Å². The summed E-state index contributed by atoms with van der Waals surface area (Å²) < 4.78 is 72.4. The molecule has 2 aromatic heterocycles. The van der Waals surface area contributed by atoms with E-state index < -0.39 is 29.5 Å². The predicted octanol–water partition coefficient (Wildman–Crippen LogP) is 5.75. The van der Waals surface area contributed by atoms with E-state index in [1.54, 1.807) is 25.7 Å². The zero-order valence-corrected chi connectivity index (χ0v) is 22.0. The molecule has 0 aromatic carbocycles. The summed E-state index contributed by atoms with van der Waals surface area (Å²) in [6, 6.07) is 2.97. The lowest BCUT2D eigenvalue weighted by molar-refractivity contribution is -0.141. The van der Waals surface area contributed by atoms with Gasteiger partial charge < -0.3 is 20.3 Å². The first-order chi connectivity index (χ1) is 18.2. The quantitative estimate of drug-likeness (QED) is 0.448. The maximum Gasteiger partial charge on any atom is 0.433 e.